The lowest BCUT2D eigenvalue weighted by molar-refractivity contribution is 0.121. The van der Waals surface area contributed by atoms with Crippen LogP contribution < -0.4 is 5.32 Å². The summed E-state index contributed by atoms with van der Waals surface area (Å²) in [5.41, 5.74) is 1.47. The van der Waals surface area contributed by atoms with Crippen molar-refractivity contribution in [1.82, 2.24) is 5.32 Å². The first-order valence-electron chi connectivity index (χ1n) is 6.96. The van der Waals surface area contributed by atoms with Crippen LogP contribution >= 0.6 is 11.8 Å². The summed E-state index contributed by atoms with van der Waals surface area (Å²) in [6, 6.07) is 9.27. The number of nitrogens with one attached hydrogen (secondary N) is 1. The van der Waals surface area contributed by atoms with E-state index in [2.05, 4.69) is 29.6 Å². The molecule has 0 bridgehead atoms. The van der Waals surface area contributed by atoms with Gasteiger partial charge in [-0.3, -0.25) is 0 Å². The van der Waals surface area contributed by atoms with Crippen molar-refractivity contribution in [3.05, 3.63) is 29.8 Å². The van der Waals surface area contributed by atoms with E-state index in [4.69, 9.17) is 4.74 Å². The van der Waals surface area contributed by atoms with Gasteiger partial charge in [-0.25, -0.2) is 0 Å². The van der Waals surface area contributed by atoms with Crippen LogP contribution in [0.15, 0.2) is 29.2 Å². The summed E-state index contributed by atoms with van der Waals surface area (Å²) in [5, 5.41) is 3.64. The highest BCUT2D eigenvalue weighted by Crippen LogP contribution is 2.37. The van der Waals surface area contributed by atoms with Crippen molar-refractivity contribution in [1.29, 1.82) is 0 Å². The maximum absolute atomic E-state index is 5.65. The molecule has 1 fully saturated rings. The predicted molar refractivity (Wildman–Crippen MR) is 76.1 cm³/mol. The van der Waals surface area contributed by atoms with E-state index >= 15 is 0 Å². The Morgan fingerprint density at radius 1 is 1.28 bits per heavy atom. The molecule has 0 aromatic heterocycles. The quantitative estimate of drug-likeness (QED) is 0.763. The minimum absolute atomic E-state index is 0.537. The summed E-state index contributed by atoms with van der Waals surface area (Å²) in [5.74, 6) is 2.05. The van der Waals surface area contributed by atoms with Crippen molar-refractivity contribution in [3.8, 4) is 0 Å². The van der Waals surface area contributed by atoms with E-state index in [1.165, 1.54) is 29.1 Å². The maximum atomic E-state index is 5.65. The molecule has 1 N–H and O–H groups in total. The van der Waals surface area contributed by atoms with Crippen LogP contribution in [0, 0.1) is 5.92 Å². The van der Waals surface area contributed by atoms with Crippen molar-refractivity contribution < 1.29 is 4.74 Å². The first kappa shape index (κ1) is 12.5. The molecule has 1 atom stereocenters. The summed E-state index contributed by atoms with van der Waals surface area (Å²) in [6.07, 6.45) is 3.89. The molecular formula is C15H21NOS. The SMILES string of the molecule is c1ccc2c(c1)SCC2NCCCOCC1CC1. The Morgan fingerprint density at radius 3 is 3.06 bits per heavy atom. The molecular weight excluding hydrogens is 242 g/mol. The van der Waals surface area contributed by atoms with E-state index in [9.17, 15) is 0 Å². The molecule has 0 spiro atoms. The van der Waals surface area contributed by atoms with Crippen LogP contribution in [0.4, 0.5) is 0 Å². The monoisotopic (exact) mass is 263 g/mol. The van der Waals surface area contributed by atoms with Gasteiger partial charge in [0.05, 0.1) is 0 Å². The molecule has 0 saturated heterocycles. The molecule has 1 aromatic carbocycles. The summed E-state index contributed by atoms with van der Waals surface area (Å²) in [6.45, 7) is 2.96. The number of benzene rings is 1. The fraction of sp³-hybridized carbons (Fsp3) is 0.600. The zero-order valence-corrected chi connectivity index (χ0v) is 11.5. The minimum atomic E-state index is 0.537. The molecule has 1 unspecified atom stereocenters. The molecule has 0 radical (unpaired) electrons. The average Bonchev–Trinajstić information content (AvgIpc) is 3.14. The van der Waals surface area contributed by atoms with Crippen LogP contribution in [0.2, 0.25) is 0 Å². The molecule has 3 heteroatoms. The standard InChI is InChI=1S/C15H21NOS/c1-2-5-15-13(4-1)14(11-18-15)16-8-3-9-17-10-12-6-7-12/h1-2,4-5,12,14,16H,3,6-11H2. The van der Waals surface area contributed by atoms with E-state index in [-0.39, 0.29) is 0 Å². The van der Waals surface area contributed by atoms with Crippen LogP contribution in [0.25, 0.3) is 0 Å². The molecule has 1 aliphatic carbocycles. The molecule has 18 heavy (non-hydrogen) atoms. The number of hydrogen-bond acceptors (Lipinski definition) is 3. The van der Waals surface area contributed by atoms with Crippen LogP contribution in [0.3, 0.4) is 0 Å². The smallest absolute Gasteiger partial charge is 0.0494 e. The Kier molecular flexibility index (Phi) is 4.24. The Labute approximate surface area is 113 Å². The molecule has 2 nitrogen and oxygen atoms in total. The van der Waals surface area contributed by atoms with Crippen molar-refractivity contribution in [2.75, 3.05) is 25.5 Å². The molecule has 1 heterocycles. The molecule has 0 amide bonds. The lowest BCUT2D eigenvalue weighted by Gasteiger charge is -2.13. The van der Waals surface area contributed by atoms with Gasteiger partial charge >= 0.3 is 0 Å². The topological polar surface area (TPSA) is 21.3 Å². The van der Waals surface area contributed by atoms with Crippen LogP contribution in [0.5, 0.6) is 0 Å². The summed E-state index contributed by atoms with van der Waals surface area (Å²) in [7, 11) is 0. The number of fused-ring (bicyclic) bond motifs is 1. The van der Waals surface area contributed by atoms with Crippen LogP contribution in [-0.4, -0.2) is 25.5 Å². The number of ether oxygens (including phenoxy) is 1. The van der Waals surface area contributed by atoms with Gasteiger partial charge in [-0.15, -0.1) is 11.8 Å². The van der Waals surface area contributed by atoms with Gasteiger partial charge in [0.2, 0.25) is 0 Å². The molecule has 3 rings (SSSR count). The Balaban J connectivity index is 1.34. The maximum Gasteiger partial charge on any atom is 0.0494 e. The number of hydrogen-bond donors (Lipinski definition) is 1. The van der Waals surface area contributed by atoms with E-state index in [0.29, 0.717) is 6.04 Å². The van der Waals surface area contributed by atoms with Crippen LogP contribution in [0.1, 0.15) is 30.9 Å². The minimum Gasteiger partial charge on any atom is -0.381 e. The lowest BCUT2D eigenvalue weighted by atomic mass is 10.1. The van der Waals surface area contributed by atoms with E-state index in [1.807, 2.05) is 11.8 Å². The second-order valence-electron chi connectivity index (χ2n) is 5.23. The third kappa shape index (κ3) is 3.28. The number of thioether (sulfide) groups is 1. The van der Waals surface area contributed by atoms with E-state index in [0.717, 1.165) is 32.1 Å². The van der Waals surface area contributed by atoms with Gasteiger partial charge in [-0.2, -0.15) is 0 Å². The molecule has 98 valence electrons. The second kappa shape index (κ2) is 6.09. The summed E-state index contributed by atoms with van der Waals surface area (Å²) in [4.78, 5) is 1.44. The zero-order chi connectivity index (χ0) is 12.2. The van der Waals surface area contributed by atoms with Crippen molar-refractivity contribution in [3.63, 3.8) is 0 Å². The molecule has 2 aliphatic rings. The summed E-state index contributed by atoms with van der Waals surface area (Å²) < 4.78 is 5.65. The normalized spacial score (nSPS) is 22.1. The van der Waals surface area contributed by atoms with Crippen molar-refractivity contribution in [2.45, 2.75) is 30.2 Å². The average molecular weight is 263 g/mol. The van der Waals surface area contributed by atoms with Gasteiger partial charge in [-0.05, 0) is 43.4 Å². The van der Waals surface area contributed by atoms with Gasteiger partial charge in [0.25, 0.3) is 0 Å². The summed E-state index contributed by atoms with van der Waals surface area (Å²) >= 11 is 1.96. The van der Waals surface area contributed by atoms with Gasteiger partial charge in [0.1, 0.15) is 0 Å². The van der Waals surface area contributed by atoms with E-state index < -0.39 is 0 Å². The van der Waals surface area contributed by atoms with Crippen molar-refractivity contribution in [2.24, 2.45) is 5.92 Å². The third-order valence-electron chi connectivity index (χ3n) is 3.61. The zero-order valence-electron chi connectivity index (χ0n) is 10.7. The lowest BCUT2D eigenvalue weighted by Crippen LogP contribution is -2.23. The fourth-order valence-corrected chi connectivity index (χ4v) is 3.51. The largest absolute Gasteiger partial charge is 0.381 e. The third-order valence-corrected chi connectivity index (χ3v) is 4.79. The van der Waals surface area contributed by atoms with E-state index in [1.54, 1.807) is 0 Å². The molecule has 1 saturated carbocycles. The highest BCUT2D eigenvalue weighted by atomic mass is 32.2. The second-order valence-corrected chi connectivity index (χ2v) is 6.29. The molecule has 1 aliphatic heterocycles. The fourth-order valence-electron chi connectivity index (χ4n) is 2.32. The first-order chi connectivity index (χ1) is 8.93. The Hall–Kier alpha value is -0.510. The number of rotatable bonds is 7. The highest BCUT2D eigenvalue weighted by Gasteiger charge is 2.22. The Morgan fingerprint density at radius 2 is 2.17 bits per heavy atom. The highest BCUT2D eigenvalue weighted by molar-refractivity contribution is 7.99. The Bertz CT molecular complexity index is 392. The van der Waals surface area contributed by atoms with Gasteiger partial charge in [0.15, 0.2) is 0 Å². The van der Waals surface area contributed by atoms with Crippen LogP contribution in [-0.2, 0) is 4.74 Å². The molecule has 1 aromatic rings. The predicted octanol–water partition coefficient (Wildman–Crippen LogP) is 3.24. The van der Waals surface area contributed by atoms with Gasteiger partial charge in [-0.1, -0.05) is 18.2 Å². The van der Waals surface area contributed by atoms with Gasteiger partial charge < -0.3 is 10.1 Å². The first-order valence-corrected chi connectivity index (χ1v) is 7.95. The van der Waals surface area contributed by atoms with Gasteiger partial charge in [0, 0.05) is 29.9 Å². The van der Waals surface area contributed by atoms with Crippen molar-refractivity contribution >= 4 is 11.8 Å².